The van der Waals surface area contributed by atoms with E-state index in [1.165, 1.54) is 11.1 Å². The van der Waals surface area contributed by atoms with Crippen LogP contribution in [0.4, 0.5) is 13.2 Å². The number of ether oxygens (including phenoxy) is 2. The molecule has 0 radical (unpaired) electrons. The molecule has 3 aliphatic carbocycles. The molecule has 0 spiro atoms. The maximum atomic E-state index is 12.9. The minimum atomic E-state index is -5.10. The number of methoxy groups -OCH3 is 1. The van der Waals surface area contributed by atoms with Crippen molar-refractivity contribution in [2.45, 2.75) is 63.1 Å². The van der Waals surface area contributed by atoms with E-state index >= 15 is 0 Å². The third-order valence-corrected chi connectivity index (χ3v) is 7.73. The molecular weight excluding hydrogens is 383 g/mol. The van der Waals surface area contributed by atoms with Crippen molar-refractivity contribution in [2.75, 3.05) is 7.11 Å². The number of benzene rings is 1. The molecule has 0 aromatic heterocycles. The Balaban J connectivity index is 1.65. The van der Waals surface area contributed by atoms with Gasteiger partial charge < -0.3 is 9.47 Å². The van der Waals surface area contributed by atoms with Crippen LogP contribution < -0.4 is 4.74 Å². The largest absolute Gasteiger partial charge is 0.497 e. The van der Waals surface area contributed by atoms with Gasteiger partial charge in [0, 0.05) is 11.8 Å². The van der Waals surface area contributed by atoms with Crippen LogP contribution in [0.15, 0.2) is 18.2 Å². The highest BCUT2D eigenvalue weighted by atomic mass is 19.4. The predicted octanol–water partition coefficient (Wildman–Crippen LogP) is 4.92. The van der Waals surface area contributed by atoms with Gasteiger partial charge in [0.15, 0.2) is 0 Å². The summed E-state index contributed by atoms with van der Waals surface area (Å²) in [5, 5.41) is 9.84. The number of hydrogen-bond acceptors (Lipinski definition) is 4. The van der Waals surface area contributed by atoms with E-state index in [9.17, 15) is 23.2 Å². The van der Waals surface area contributed by atoms with Crippen molar-refractivity contribution >= 4 is 5.97 Å². The first-order valence-corrected chi connectivity index (χ1v) is 10.0. The Hall–Kier alpha value is -2.23. The zero-order chi connectivity index (χ0) is 21.0. The summed E-state index contributed by atoms with van der Waals surface area (Å²) in [7, 11) is 1.64. The number of hydrogen-bond donors (Lipinski definition) is 0. The lowest BCUT2D eigenvalue weighted by Gasteiger charge is -2.52. The summed E-state index contributed by atoms with van der Waals surface area (Å²) in [6, 6.07) is 8.11. The van der Waals surface area contributed by atoms with E-state index in [2.05, 4.69) is 12.1 Å². The van der Waals surface area contributed by atoms with Crippen LogP contribution in [0.2, 0.25) is 0 Å². The number of carbonyl (C=O) groups is 1. The van der Waals surface area contributed by atoms with Crippen LogP contribution in [0.1, 0.15) is 56.1 Å². The average Bonchev–Trinajstić information content (AvgIpc) is 2.99. The summed E-state index contributed by atoms with van der Waals surface area (Å²) >= 11 is 0. The molecule has 0 aliphatic heterocycles. The number of aryl methyl sites for hydroxylation is 1. The summed E-state index contributed by atoms with van der Waals surface area (Å²) in [6.45, 7) is 1.84. The van der Waals surface area contributed by atoms with E-state index in [0.717, 1.165) is 25.0 Å². The number of fused-ring (bicyclic) bond motifs is 5. The number of nitriles is 1. The summed E-state index contributed by atoms with van der Waals surface area (Å²) in [5.41, 5.74) is 0.0662. The van der Waals surface area contributed by atoms with Gasteiger partial charge >= 0.3 is 12.1 Å². The highest BCUT2D eigenvalue weighted by Crippen LogP contribution is 2.65. The number of halogens is 3. The van der Waals surface area contributed by atoms with Crippen LogP contribution in [-0.4, -0.2) is 24.9 Å². The van der Waals surface area contributed by atoms with Crippen molar-refractivity contribution < 1.29 is 27.4 Å². The fraction of sp³-hybridized carbons (Fsp3) is 0.636. The van der Waals surface area contributed by atoms with Gasteiger partial charge in [-0.3, -0.25) is 0 Å². The lowest BCUT2D eigenvalue weighted by atomic mass is 9.53. The third-order valence-electron chi connectivity index (χ3n) is 7.73. The SMILES string of the molecule is COc1ccc2c(c1)CC[C@@H]1[C@@H]2CC[C@@]2(C)[C@H]1CC[C@]2(C#N)OC(=O)C(F)(F)F. The second kappa shape index (κ2) is 6.65. The van der Waals surface area contributed by atoms with Crippen LogP contribution in [0.3, 0.4) is 0 Å². The maximum Gasteiger partial charge on any atom is 0.490 e. The van der Waals surface area contributed by atoms with Crippen molar-refractivity contribution in [2.24, 2.45) is 17.3 Å². The number of alkyl halides is 3. The number of esters is 1. The van der Waals surface area contributed by atoms with Crippen molar-refractivity contribution in [1.29, 1.82) is 5.26 Å². The zero-order valence-corrected chi connectivity index (χ0v) is 16.5. The summed E-state index contributed by atoms with van der Waals surface area (Å²) in [4.78, 5) is 11.6. The van der Waals surface area contributed by atoms with Crippen LogP contribution in [0.25, 0.3) is 0 Å². The molecule has 0 N–H and O–H groups in total. The van der Waals surface area contributed by atoms with Gasteiger partial charge in [-0.25, -0.2) is 4.79 Å². The fourth-order valence-electron chi connectivity index (χ4n) is 6.27. The van der Waals surface area contributed by atoms with Gasteiger partial charge in [-0.1, -0.05) is 13.0 Å². The molecule has 2 fully saturated rings. The lowest BCUT2D eigenvalue weighted by Crippen LogP contribution is -2.53. The normalized spacial score (nSPS) is 35.7. The number of carbonyl (C=O) groups excluding carboxylic acids is 1. The standard InChI is InChI=1S/C22H24F3NO3/c1-20-9-7-16-15-6-4-14(28-2)11-13(15)3-5-17(16)18(20)8-10-21(20,12-26)29-19(27)22(23,24)25/h4,6,11,16-18H,3,5,7-10H2,1-2H3/t16-,17-,18+,20+,21-/m1/s1. The van der Waals surface area contributed by atoms with Crippen molar-refractivity contribution in [3.63, 3.8) is 0 Å². The number of rotatable bonds is 2. The smallest absolute Gasteiger partial charge is 0.490 e. The molecule has 2 saturated carbocycles. The van der Waals surface area contributed by atoms with Crippen molar-refractivity contribution in [3.05, 3.63) is 29.3 Å². The van der Waals surface area contributed by atoms with Crippen LogP contribution in [0, 0.1) is 28.6 Å². The van der Waals surface area contributed by atoms with Crippen molar-refractivity contribution in [1.82, 2.24) is 0 Å². The molecule has 7 heteroatoms. The molecule has 1 aromatic rings. The second-order valence-corrected chi connectivity index (χ2v) is 8.80. The van der Waals surface area contributed by atoms with Gasteiger partial charge in [0.1, 0.15) is 11.8 Å². The Bertz CT molecular complexity index is 877. The van der Waals surface area contributed by atoms with Gasteiger partial charge in [-0.05, 0) is 73.1 Å². The fourth-order valence-corrected chi connectivity index (χ4v) is 6.27. The molecule has 1 aromatic carbocycles. The summed E-state index contributed by atoms with van der Waals surface area (Å²) in [5.74, 6) is -0.794. The van der Waals surface area contributed by atoms with E-state index in [1.54, 1.807) is 7.11 Å². The van der Waals surface area contributed by atoms with E-state index in [-0.39, 0.29) is 18.3 Å². The molecule has 4 rings (SSSR count). The minimum absolute atomic E-state index is 0.0529. The Morgan fingerprint density at radius 1 is 1.24 bits per heavy atom. The molecular formula is C22H24F3NO3. The highest BCUT2D eigenvalue weighted by Gasteiger charge is 2.66. The van der Waals surface area contributed by atoms with E-state index < -0.39 is 23.2 Å². The second-order valence-electron chi connectivity index (χ2n) is 8.80. The van der Waals surface area contributed by atoms with E-state index in [1.807, 2.05) is 19.1 Å². The first-order valence-electron chi connectivity index (χ1n) is 10.0. The predicted molar refractivity (Wildman–Crippen MR) is 98.1 cm³/mol. The van der Waals surface area contributed by atoms with Gasteiger partial charge in [0.2, 0.25) is 5.60 Å². The summed E-state index contributed by atoms with van der Waals surface area (Å²) in [6.07, 6.45) is -1.22. The average molecular weight is 407 g/mol. The van der Waals surface area contributed by atoms with E-state index in [4.69, 9.17) is 9.47 Å². The first-order chi connectivity index (χ1) is 13.6. The number of nitrogens with zero attached hydrogens (tertiary/aromatic N) is 1. The quantitative estimate of drug-likeness (QED) is 0.653. The minimum Gasteiger partial charge on any atom is -0.497 e. The Labute approximate surface area is 168 Å². The molecule has 0 bridgehead atoms. The monoisotopic (exact) mass is 407 g/mol. The molecule has 29 heavy (non-hydrogen) atoms. The molecule has 156 valence electrons. The first kappa shape index (κ1) is 20.1. The molecule has 0 amide bonds. The topological polar surface area (TPSA) is 59.3 Å². The van der Waals surface area contributed by atoms with Gasteiger partial charge in [-0.15, -0.1) is 0 Å². The molecule has 3 aliphatic rings. The summed E-state index contributed by atoms with van der Waals surface area (Å²) < 4.78 is 48.8. The Morgan fingerprint density at radius 2 is 2.00 bits per heavy atom. The zero-order valence-electron chi connectivity index (χ0n) is 16.5. The van der Waals surface area contributed by atoms with E-state index in [0.29, 0.717) is 18.8 Å². The Kier molecular flexibility index (Phi) is 4.60. The van der Waals surface area contributed by atoms with Crippen LogP contribution in [0.5, 0.6) is 5.75 Å². The molecule has 4 nitrogen and oxygen atoms in total. The molecule has 0 unspecified atom stereocenters. The van der Waals surface area contributed by atoms with Gasteiger partial charge in [0.25, 0.3) is 0 Å². The lowest BCUT2D eigenvalue weighted by molar-refractivity contribution is -0.219. The van der Waals surface area contributed by atoms with Crippen molar-refractivity contribution in [3.8, 4) is 11.8 Å². The maximum absolute atomic E-state index is 12.9. The molecule has 0 heterocycles. The molecule has 5 atom stereocenters. The molecule has 0 saturated heterocycles. The third kappa shape index (κ3) is 2.91. The van der Waals surface area contributed by atoms with Gasteiger partial charge in [0.05, 0.1) is 7.11 Å². The van der Waals surface area contributed by atoms with Crippen LogP contribution >= 0.6 is 0 Å². The highest BCUT2D eigenvalue weighted by molar-refractivity contribution is 5.76. The Morgan fingerprint density at radius 3 is 2.66 bits per heavy atom. The van der Waals surface area contributed by atoms with Gasteiger partial charge in [-0.2, -0.15) is 18.4 Å². The van der Waals surface area contributed by atoms with Crippen LogP contribution in [-0.2, 0) is 16.0 Å².